The highest BCUT2D eigenvalue weighted by atomic mass is 16.5. The average Bonchev–Trinajstić information content (AvgIpc) is 3.10. The smallest absolute Gasteiger partial charge is 0.0985 e. The van der Waals surface area contributed by atoms with E-state index >= 15 is 0 Å². The maximum Gasteiger partial charge on any atom is 0.0985 e. The molecule has 0 N–H and O–H groups in total. The Labute approximate surface area is 213 Å². The molecule has 196 valence electrons. The van der Waals surface area contributed by atoms with Gasteiger partial charge in [-0.2, -0.15) is 0 Å². The van der Waals surface area contributed by atoms with E-state index in [2.05, 4.69) is 62.0 Å². The molecule has 4 saturated carbocycles. The predicted molar refractivity (Wildman–Crippen MR) is 147 cm³/mol. The molecule has 4 rings (SSSR count). The van der Waals surface area contributed by atoms with Gasteiger partial charge >= 0.3 is 0 Å². The third kappa shape index (κ3) is 4.89. The number of hydrogen-bond acceptors (Lipinski definition) is 1. The lowest BCUT2D eigenvalue weighted by molar-refractivity contribution is -0.133. The molecule has 0 aromatic heterocycles. The summed E-state index contributed by atoms with van der Waals surface area (Å²) in [6.07, 6.45) is 17.6. The fourth-order valence-corrected chi connectivity index (χ4v) is 9.73. The van der Waals surface area contributed by atoms with Crippen molar-refractivity contribution in [3.63, 3.8) is 0 Å². The van der Waals surface area contributed by atoms with E-state index < -0.39 is 0 Å². The standard InChI is InChI=1S/C33H58O/c1-22(2)11-10-12-23(3)28-15-16-29-27-14-13-25-21-26(34-24(4)31(5,6)7)17-19-32(25,8)30(27)18-20-33(28,29)9/h22-23,25-30H,4,10-21H2,1-3,5-9H3/t23-,25?,26+,27?,28?,29?,30?,32+,33-/m1/s1. The Morgan fingerprint density at radius 1 is 0.882 bits per heavy atom. The molecule has 0 aliphatic heterocycles. The minimum absolute atomic E-state index is 0.0528. The van der Waals surface area contributed by atoms with Crippen molar-refractivity contribution in [2.75, 3.05) is 0 Å². The highest BCUT2D eigenvalue weighted by Crippen LogP contribution is 2.68. The Kier molecular flexibility index (Phi) is 7.65. The van der Waals surface area contributed by atoms with Crippen molar-refractivity contribution in [1.82, 2.24) is 0 Å². The lowest BCUT2D eigenvalue weighted by Crippen LogP contribution is -2.54. The van der Waals surface area contributed by atoms with E-state index in [1.54, 1.807) is 0 Å². The van der Waals surface area contributed by atoms with Gasteiger partial charge in [0.15, 0.2) is 0 Å². The number of ether oxygens (including phenoxy) is 1. The third-order valence-corrected chi connectivity index (χ3v) is 12.0. The van der Waals surface area contributed by atoms with Gasteiger partial charge in [-0.15, -0.1) is 0 Å². The van der Waals surface area contributed by atoms with E-state index in [0.29, 0.717) is 16.9 Å². The Bertz CT molecular complexity index is 715. The third-order valence-electron chi connectivity index (χ3n) is 12.0. The summed E-state index contributed by atoms with van der Waals surface area (Å²) < 4.78 is 6.46. The first-order valence-corrected chi connectivity index (χ1v) is 15.2. The topological polar surface area (TPSA) is 9.23 Å². The van der Waals surface area contributed by atoms with Gasteiger partial charge in [-0.1, -0.05) is 81.2 Å². The highest BCUT2D eigenvalue weighted by Gasteiger charge is 2.60. The molecule has 0 radical (unpaired) electrons. The molecule has 5 unspecified atom stereocenters. The molecule has 4 aliphatic carbocycles. The second-order valence-electron chi connectivity index (χ2n) is 15.4. The van der Waals surface area contributed by atoms with Gasteiger partial charge in [0.1, 0.15) is 0 Å². The Morgan fingerprint density at radius 3 is 2.24 bits per heavy atom. The Hall–Kier alpha value is -0.460. The van der Waals surface area contributed by atoms with Crippen LogP contribution in [0, 0.1) is 57.7 Å². The molecule has 0 saturated heterocycles. The predicted octanol–water partition coefficient (Wildman–Crippen LogP) is 10.1. The minimum Gasteiger partial charge on any atom is -0.495 e. The highest BCUT2D eigenvalue weighted by molar-refractivity contribution is 5.10. The molecule has 0 heterocycles. The molecular formula is C33H58O. The molecule has 0 spiro atoms. The van der Waals surface area contributed by atoms with E-state index in [1.807, 2.05) is 0 Å². The maximum atomic E-state index is 6.46. The van der Waals surface area contributed by atoms with Crippen molar-refractivity contribution < 1.29 is 4.74 Å². The number of allylic oxidation sites excluding steroid dienone is 1. The van der Waals surface area contributed by atoms with Crippen molar-refractivity contribution in [3.05, 3.63) is 12.3 Å². The molecule has 34 heavy (non-hydrogen) atoms. The molecular weight excluding hydrogens is 412 g/mol. The van der Waals surface area contributed by atoms with Crippen molar-refractivity contribution >= 4 is 0 Å². The monoisotopic (exact) mass is 470 g/mol. The van der Waals surface area contributed by atoms with E-state index in [0.717, 1.165) is 47.2 Å². The van der Waals surface area contributed by atoms with E-state index in [1.165, 1.54) is 77.0 Å². The zero-order valence-corrected chi connectivity index (χ0v) is 24.2. The summed E-state index contributed by atoms with van der Waals surface area (Å²) in [5, 5.41) is 0. The van der Waals surface area contributed by atoms with Crippen molar-refractivity contribution in [2.24, 2.45) is 57.7 Å². The van der Waals surface area contributed by atoms with Crippen LogP contribution in [-0.2, 0) is 4.74 Å². The molecule has 4 fully saturated rings. The zero-order valence-electron chi connectivity index (χ0n) is 24.2. The second kappa shape index (κ2) is 9.78. The molecule has 9 atom stereocenters. The van der Waals surface area contributed by atoms with Crippen LogP contribution in [0.15, 0.2) is 12.3 Å². The summed E-state index contributed by atoms with van der Waals surface area (Å²) in [5.41, 5.74) is 1.22. The van der Waals surface area contributed by atoms with Crippen molar-refractivity contribution in [3.8, 4) is 0 Å². The molecule has 1 heteroatoms. The van der Waals surface area contributed by atoms with Crippen LogP contribution in [0.3, 0.4) is 0 Å². The molecule has 0 aromatic carbocycles. The van der Waals surface area contributed by atoms with Gasteiger partial charge in [0.05, 0.1) is 11.9 Å². The Morgan fingerprint density at radius 2 is 1.56 bits per heavy atom. The van der Waals surface area contributed by atoms with Gasteiger partial charge in [-0.05, 0) is 110 Å². The van der Waals surface area contributed by atoms with Gasteiger partial charge in [0.2, 0.25) is 0 Å². The molecule has 1 nitrogen and oxygen atoms in total. The summed E-state index contributed by atoms with van der Waals surface area (Å²) in [6, 6.07) is 0. The molecule has 0 amide bonds. The lowest BCUT2D eigenvalue weighted by Gasteiger charge is -2.61. The van der Waals surface area contributed by atoms with Gasteiger partial charge in [0.25, 0.3) is 0 Å². The van der Waals surface area contributed by atoms with Crippen LogP contribution in [0.2, 0.25) is 0 Å². The number of hydrogen-bond donors (Lipinski definition) is 0. The minimum atomic E-state index is 0.0528. The zero-order chi connectivity index (χ0) is 24.9. The van der Waals surface area contributed by atoms with Gasteiger partial charge in [-0.3, -0.25) is 0 Å². The largest absolute Gasteiger partial charge is 0.495 e. The molecule has 0 bridgehead atoms. The summed E-state index contributed by atoms with van der Waals surface area (Å²) >= 11 is 0. The summed E-state index contributed by atoms with van der Waals surface area (Å²) in [6.45, 7) is 23.8. The van der Waals surface area contributed by atoms with Gasteiger partial charge in [0, 0.05) is 5.41 Å². The van der Waals surface area contributed by atoms with E-state index in [-0.39, 0.29) is 5.41 Å². The summed E-state index contributed by atoms with van der Waals surface area (Å²) in [4.78, 5) is 0. The van der Waals surface area contributed by atoms with Crippen LogP contribution in [0.5, 0.6) is 0 Å². The summed E-state index contributed by atoms with van der Waals surface area (Å²) in [7, 11) is 0. The van der Waals surface area contributed by atoms with E-state index in [4.69, 9.17) is 4.74 Å². The van der Waals surface area contributed by atoms with Crippen LogP contribution in [0.4, 0.5) is 0 Å². The second-order valence-corrected chi connectivity index (χ2v) is 15.4. The number of fused-ring (bicyclic) bond motifs is 5. The average molecular weight is 471 g/mol. The maximum absolute atomic E-state index is 6.46. The van der Waals surface area contributed by atoms with Gasteiger partial charge < -0.3 is 4.74 Å². The van der Waals surface area contributed by atoms with Crippen LogP contribution < -0.4 is 0 Å². The summed E-state index contributed by atoms with van der Waals surface area (Å²) in [5.74, 6) is 7.55. The van der Waals surface area contributed by atoms with Gasteiger partial charge in [-0.25, -0.2) is 0 Å². The normalized spacial score (nSPS) is 43.1. The van der Waals surface area contributed by atoms with Crippen LogP contribution in [-0.4, -0.2) is 6.10 Å². The first kappa shape index (κ1) is 26.6. The van der Waals surface area contributed by atoms with Crippen LogP contribution in [0.25, 0.3) is 0 Å². The van der Waals surface area contributed by atoms with Crippen molar-refractivity contribution in [2.45, 2.75) is 139 Å². The fourth-order valence-electron chi connectivity index (χ4n) is 9.73. The lowest BCUT2D eigenvalue weighted by atomic mass is 9.44. The van der Waals surface area contributed by atoms with Crippen molar-refractivity contribution in [1.29, 1.82) is 0 Å². The first-order chi connectivity index (χ1) is 15.9. The molecule has 0 aromatic rings. The Balaban J connectivity index is 1.41. The van der Waals surface area contributed by atoms with Crippen LogP contribution >= 0.6 is 0 Å². The fraction of sp³-hybridized carbons (Fsp3) is 0.939. The SMILES string of the molecule is C=C(O[C@H]1CC[C@@]2(C)C(CCC3C2CC[C@@]2(C)C3CCC2[C@H](C)CCCC(C)C)C1)C(C)(C)C. The first-order valence-electron chi connectivity index (χ1n) is 15.2. The quantitative estimate of drug-likeness (QED) is 0.336. The molecule has 4 aliphatic rings. The number of rotatable bonds is 7. The van der Waals surface area contributed by atoms with E-state index in [9.17, 15) is 0 Å². The van der Waals surface area contributed by atoms with Crippen LogP contribution in [0.1, 0.15) is 132 Å².